The summed E-state index contributed by atoms with van der Waals surface area (Å²) in [5.74, 6) is 0.486. The van der Waals surface area contributed by atoms with E-state index in [1.807, 2.05) is 12.1 Å². The van der Waals surface area contributed by atoms with Gasteiger partial charge in [-0.25, -0.2) is 9.59 Å². The highest BCUT2D eigenvalue weighted by molar-refractivity contribution is 6.30. The molecule has 0 aromatic heterocycles. The Hall–Kier alpha value is -3.19. The lowest BCUT2D eigenvalue weighted by atomic mass is 9.95. The number of nitrogens with one attached hydrogen (secondary N) is 2. The average molecular weight is 417 g/mol. The van der Waals surface area contributed by atoms with Crippen molar-refractivity contribution < 1.29 is 23.8 Å². The smallest absolute Gasteiger partial charge is 0.337 e. The van der Waals surface area contributed by atoms with Crippen LogP contribution >= 0.6 is 11.6 Å². The van der Waals surface area contributed by atoms with Gasteiger partial charge in [0.1, 0.15) is 6.61 Å². The number of carbonyl (C=O) groups is 2. The molecule has 29 heavy (non-hydrogen) atoms. The van der Waals surface area contributed by atoms with E-state index in [2.05, 4.69) is 10.6 Å². The summed E-state index contributed by atoms with van der Waals surface area (Å²) in [4.78, 5) is 24.2. The monoisotopic (exact) mass is 416 g/mol. The molecule has 0 saturated carbocycles. The quantitative estimate of drug-likeness (QED) is 0.701. The Labute approximate surface area is 173 Å². The van der Waals surface area contributed by atoms with Crippen molar-refractivity contribution in [1.29, 1.82) is 0 Å². The van der Waals surface area contributed by atoms with Crippen molar-refractivity contribution in [2.24, 2.45) is 0 Å². The van der Waals surface area contributed by atoms with E-state index in [1.165, 1.54) is 14.2 Å². The highest BCUT2D eigenvalue weighted by atomic mass is 35.5. The Balaban J connectivity index is 1.87. The average Bonchev–Trinajstić information content (AvgIpc) is 2.72. The third kappa shape index (κ3) is 4.63. The van der Waals surface area contributed by atoms with E-state index >= 15 is 0 Å². The van der Waals surface area contributed by atoms with E-state index in [-0.39, 0.29) is 0 Å². The van der Waals surface area contributed by atoms with Gasteiger partial charge in [0.15, 0.2) is 11.5 Å². The molecule has 2 aromatic rings. The summed E-state index contributed by atoms with van der Waals surface area (Å²) in [6.07, 6.45) is 0. The second-order valence-corrected chi connectivity index (χ2v) is 6.82. The number of methoxy groups -OCH3 is 2. The second kappa shape index (κ2) is 8.87. The normalized spacial score (nSPS) is 16.0. The van der Waals surface area contributed by atoms with Crippen LogP contribution in [0.2, 0.25) is 5.02 Å². The summed E-state index contributed by atoms with van der Waals surface area (Å²) < 4.78 is 16.2. The molecule has 0 bridgehead atoms. The molecule has 2 aromatic carbocycles. The van der Waals surface area contributed by atoms with Crippen LogP contribution in [0, 0.1) is 0 Å². The van der Waals surface area contributed by atoms with Gasteiger partial charge in [0.05, 0.1) is 25.8 Å². The van der Waals surface area contributed by atoms with Crippen molar-refractivity contribution in [2.75, 3.05) is 14.2 Å². The summed E-state index contributed by atoms with van der Waals surface area (Å²) in [5, 5.41) is 5.99. The van der Waals surface area contributed by atoms with Crippen molar-refractivity contribution >= 4 is 23.6 Å². The van der Waals surface area contributed by atoms with Crippen molar-refractivity contribution in [3.8, 4) is 11.5 Å². The van der Waals surface area contributed by atoms with Crippen LogP contribution in [-0.2, 0) is 16.1 Å². The molecular formula is C21H21ClN2O5. The minimum absolute atomic E-state index is 0.323. The molecule has 1 aliphatic heterocycles. The number of hydrogen-bond acceptors (Lipinski definition) is 5. The minimum atomic E-state index is -0.671. The molecule has 8 heteroatoms. The van der Waals surface area contributed by atoms with E-state index in [4.69, 9.17) is 25.8 Å². The van der Waals surface area contributed by atoms with Gasteiger partial charge in [-0.15, -0.1) is 0 Å². The summed E-state index contributed by atoms with van der Waals surface area (Å²) in [5.41, 5.74) is 2.38. The Morgan fingerprint density at radius 3 is 2.48 bits per heavy atom. The number of rotatable bonds is 6. The number of benzene rings is 2. The highest BCUT2D eigenvalue weighted by Gasteiger charge is 2.32. The fourth-order valence-corrected chi connectivity index (χ4v) is 3.18. The largest absolute Gasteiger partial charge is 0.493 e. The lowest BCUT2D eigenvalue weighted by Gasteiger charge is -2.28. The van der Waals surface area contributed by atoms with Crippen LogP contribution < -0.4 is 20.1 Å². The van der Waals surface area contributed by atoms with Crippen LogP contribution in [0.1, 0.15) is 24.1 Å². The van der Waals surface area contributed by atoms with Gasteiger partial charge >= 0.3 is 12.0 Å². The van der Waals surface area contributed by atoms with E-state index in [9.17, 15) is 9.59 Å². The molecule has 1 atom stereocenters. The van der Waals surface area contributed by atoms with Gasteiger partial charge in [0.2, 0.25) is 0 Å². The van der Waals surface area contributed by atoms with Crippen LogP contribution in [0.3, 0.4) is 0 Å². The number of halogens is 1. The number of ether oxygens (including phenoxy) is 3. The maximum atomic E-state index is 12.2. The Morgan fingerprint density at radius 1 is 1.10 bits per heavy atom. The molecule has 2 N–H and O–H groups in total. The fourth-order valence-electron chi connectivity index (χ4n) is 3.05. The number of hydrogen-bond donors (Lipinski definition) is 2. The summed E-state index contributed by atoms with van der Waals surface area (Å²) in [7, 11) is 2.82. The first-order chi connectivity index (χ1) is 13.9. The molecule has 152 valence electrons. The molecule has 0 aliphatic carbocycles. The molecule has 0 radical (unpaired) electrons. The third-order valence-electron chi connectivity index (χ3n) is 4.50. The van der Waals surface area contributed by atoms with Gasteiger partial charge in [-0.3, -0.25) is 0 Å². The molecule has 0 fully saturated rings. The third-order valence-corrected chi connectivity index (χ3v) is 4.76. The van der Waals surface area contributed by atoms with Crippen LogP contribution in [0.4, 0.5) is 4.79 Å². The first-order valence-corrected chi connectivity index (χ1v) is 9.22. The van der Waals surface area contributed by atoms with Crippen LogP contribution in [0.5, 0.6) is 11.5 Å². The number of urea groups is 1. The SMILES string of the molecule is COC(=O)C1=C(C)NC(=O)N[C@@H]1c1ccc(OCc2ccc(Cl)cc2)c(OC)c1. The fraction of sp³-hybridized carbons (Fsp3) is 0.238. The van der Waals surface area contributed by atoms with Gasteiger partial charge in [-0.2, -0.15) is 0 Å². The van der Waals surface area contributed by atoms with E-state index < -0.39 is 18.0 Å². The molecule has 1 heterocycles. The standard InChI is InChI=1S/C21H21ClN2O5/c1-12-18(20(25)28-3)19(24-21(26)23-12)14-6-9-16(17(10-14)27-2)29-11-13-4-7-15(22)8-5-13/h4-10,19H,11H2,1-3H3,(H2,23,24,26)/t19-/m1/s1. The maximum absolute atomic E-state index is 12.2. The van der Waals surface area contributed by atoms with Gasteiger partial charge in [0, 0.05) is 10.7 Å². The van der Waals surface area contributed by atoms with Crippen molar-refractivity contribution in [3.05, 3.63) is 69.9 Å². The molecule has 3 rings (SSSR count). The maximum Gasteiger partial charge on any atom is 0.337 e. The lowest BCUT2D eigenvalue weighted by Crippen LogP contribution is -2.45. The van der Waals surface area contributed by atoms with E-state index in [0.29, 0.717) is 40.0 Å². The summed E-state index contributed by atoms with van der Waals surface area (Å²) >= 11 is 5.90. The molecular weight excluding hydrogens is 396 g/mol. The highest BCUT2D eigenvalue weighted by Crippen LogP contribution is 2.35. The van der Waals surface area contributed by atoms with Crippen LogP contribution in [0.25, 0.3) is 0 Å². The van der Waals surface area contributed by atoms with Crippen molar-refractivity contribution in [3.63, 3.8) is 0 Å². The Kier molecular flexibility index (Phi) is 6.29. The van der Waals surface area contributed by atoms with Crippen molar-refractivity contribution in [1.82, 2.24) is 10.6 Å². The molecule has 1 aliphatic rings. The number of amides is 2. The predicted molar refractivity (Wildman–Crippen MR) is 108 cm³/mol. The lowest BCUT2D eigenvalue weighted by molar-refractivity contribution is -0.136. The first-order valence-electron chi connectivity index (χ1n) is 8.84. The van der Waals surface area contributed by atoms with Crippen molar-refractivity contribution in [2.45, 2.75) is 19.6 Å². The number of carbonyl (C=O) groups excluding carboxylic acids is 2. The Morgan fingerprint density at radius 2 is 1.83 bits per heavy atom. The summed E-state index contributed by atoms with van der Waals surface area (Å²) in [6.45, 7) is 1.99. The topological polar surface area (TPSA) is 85.9 Å². The molecule has 0 saturated heterocycles. The number of allylic oxidation sites excluding steroid dienone is 1. The van der Waals surface area contributed by atoms with Gasteiger partial charge < -0.3 is 24.8 Å². The molecule has 2 amide bonds. The molecule has 0 spiro atoms. The van der Waals surface area contributed by atoms with Gasteiger partial charge in [-0.1, -0.05) is 29.8 Å². The van der Waals surface area contributed by atoms with Crippen LogP contribution in [0.15, 0.2) is 53.7 Å². The zero-order chi connectivity index (χ0) is 21.0. The minimum Gasteiger partial charge on any atom is -0.493 e. The molecule has 0 unspecified atom stereocenters. The van der Waals surface area contributed by atoms with Gasteiger partial charge in [0.25, 0.3) is 0 Å². The number of esters is 1. The second-order valence-electron chi connectivity index (χ2n) is 6.39. The van der Waals surface area contributed by atoms with Gasteiger partial charge in [-0.05, 0) is 42.3 Å². The zero-order valence-corrected chi connectivity index (χ0v) is 17.0. The summed E-state index contributed by atoms with van der Waals surface area (Å²) in [6, 6.07) is 11.5. The van der Waals surface area contributed by atoms with Crippen LogP contribution in [-0.4, -0.2) is 26.2 Å². The Bertz CT molecular complexity index is 956. The first kappa shape index (κ1) is 20.5. The van der Waals surface area contributed by atoms with E-state index in [0.717, 1.165) is 5.56 Å². The van der Waals surface area contributed by atoms with E-state index in [1.54, 1.807) is 37.3 Å². The predicted octanol–water partition coefficient (Wildman–Crippen LogP) is 3.73. The zero-order valence-electron chi connectivity index (χ0n) is 16.2. The molecule has 7 nitrogen and oxygen atoms in total.